The van der Waals surface area contributed by atoms with E-state index in [4.69, 9.17) is 0 Å². The van der Waals surface area contributed by atoms with Crippen molar-refractivity contribution in [3.8, 4) is 0 Å². The van der Waals surface area contributed by atoms with Crippen LogP contribution in [0, 0.1) is 5.92 Å². The zero-order valence-electron chi connectivity index (χ0n) is 9.86. The highest BCUT2D eigenvalue weighted by Gasteiger charge is 2.22. The van der Waals surface area contributed by atoms with Gasteiger partial charge in [0.25, 0.3) is 0 Å². The average Bonchev–Trinajstić information content (AvgIpc) is 2.32. The van der Waals surface area contributed by atoms with Gasteiger partial charge in [0.05, 0.1) is 0 Å². The molecule has 0 bridgehead atoms. The highest BCUT2D eigenvalue weighted by atomic mass is 16.1. The van der Waals surface area contributed by atoms with Gasteiger partial charge < -0.3 is 4.90 Å². The first-order valence-corrected chi connectivity index (χ1v) is 6.04. The van der Waals surface area contributed by atoms with E-state index in [1.54, 1.807) is 0 Å². The Morgan fingerprint density at radius 2 is 2.06 bits per heavy atom. The quantitative estimate of drug-likeness (QED) is 0.773. The largest absolute Gasteiger partial charge is 0.302 e. The average molecular weight is 217 g/mol. The first-order chi connectivity index (χ1) is 7.75. The van der Waals surface area contributed by atoms with Crippen molar-refractivity contribution in [3.63, 3.8) is 0 Å². The predicted molar refractivity (Wildman–Crippen MR) is 65.4 cm³/mol. The molecule has 1 saturated heterocycles. The number of ketones is 1. The van der Waals surface area contributed by atoms with Crippen molar-refractivity contribution in [2.24, 2.45) is 5.92 Å². The van der Waals surface area contributed by atoms with Gasteiger partial charge in [0.2, 0.25) is 0 Å². The number of piperidine rings is 1. The standard InChI is InChI=1S/C14H19NO/c1-12-11-15(10-8-14(12)16)9-7-13-5-3-2-4-6-13/h2-6,12H,7-11H2,1H3/t12-/m0/s1. The molecule has 0 aromatic heterocycles. The van der Waals surface area contributed by atoms with E-state index >= 15 is 0 Å². The second-order valence-electron chi connectivity index (χ2n) is 4.65. The van der Waals surface area contributed by atoms with E-state index in [9.17, 15) is 4.79 Å². The van der Waals surface area contributed by atoms with Crippen LogP contribution >= 0.6 is 0 Å². The maximum absolute atomic E-state index is 11.4. The van der Waals surface area contributed by atoms with Crippen LogP contribution in [-0.4, -0.2) is 30.3 Å². The molecule has 1 aromatic carbocycles. The van der Waals surface area contributed by atoms with E-state index in [0.29, 0.717) is 5.78 Å². The molecule has 0 radical (unpaired) electrons. The number of rotatable bonds is 3. The minimum absolute atomic E-state index is 0.226. The molecule has 1 atom stereocenters. The summed E-state index contributed by atoms with van der Waals surface area (Å²) in [6.07, 6.45) is 1.82. The SMILES string of the molecule is C[C@H]1CN(CCc2ccccc2)CCC1=O. The fraction of sp³-hybridized carbons (Fsp3) is 0.500. The molecule has 86 valence electrons. The van der Waals surface area contributed by atoms with Gasteiger partial charge in [0, 0.05) is 32.0 Å². The third-order valence-corrected chi connectivity index (χ3v) is 3.32. The number of Topliss-reactive ketones (excluding diaryl/α,β-unsaturated/α-hetero) is 1. The Balaban J connectivity index is 1.81. The predicted octanol–water partition coefficient (Wildman–Crippen LogP) is 2.14. The number of carbonyl (C=O) groups is 1. The van der Waals surface area contributed by atoms with E-state index in [1.807, 2.05) is 13.0 Å². The smallest absolute Gasteiger partial charge is 0.138 e. The second kappa shape index (κ2) is 5.26. The summed E-state index contributed by atoms with van der Waals surface area (Å²) in [4.78, 5) is 13.8. The number of benzene rings is 1. The van der Waals surface area contributed by atoms with Crippen molar-refractivity contribution in [1.82, 2.24) is 4.90 Å². The molecule has 0 N–H and O–H groups in total. The lowest BCUT2D eigenvalue weighted by atomic mass is 9.98. The third kappa shape index (κ3) is 2.92. The van der Waals surface area contributed by atoms with Gasteiger partial charge >= 0.3 is 0 Å². The topological polar surface area (TPSA) is 20.3 Å². The molecule has 1 aromatic rings. The first-order valence-electron chi connectivity index (χ1n) is 6.04. The molecule has 1 fully saturated rings. The van der Waals surface area contributed by atoms with Crippen LogP contribution in [0.4, 0.5) is 0 Å². The summed E-state index contributed by atoms with van der Waals surface area (Å²) in [5.74, 6) is 0.653. The van der Waals surface area contributed by atoms with Crippen LogP contribution in [0.15, 0.2) is 30.3 Å². The fourth-order valence-electron chi connectivity index (χ4n) is 2.23. The van der Waals surface area contributed by atoms with E-state index in [1.165, 1.54) is 5.56 Å². The molecular weight excluding hydrogens is 198 g/mol. The van der Waals surface area contributed by atoms with Gasteiger partial charge in [-0.25, -0.2) is 0 Å². The molecule has 2 nitrogen and oxygen atoms in total. The summed E-state index contributed by atoms with van der Waals surface area (Å²) in [6, 6.07) is 10.5. The monoisotopic (exact) mass is 217 g/mol. The molecule has 1 aliphatic heterocycles. The lowest BCUT2D eigenvalue weighted by Gasteiger charge is -2.29. The van der Waals surface area contributed by atoms with Crippen molar-refractivity contribution in [1.29, 1.82) is 0 Å². The highest BCUT2D eigenvalue weighted by Crippen LogP contribution is 2.12. The number of hydrogen-bond donors (Lipinski definition) is 0. The number of hydrogen-bond acceptors (Lipinski definition) is 2. The summed E-state index contributed by atoms with van der Waals surface area (Å²) < 4.78 is 0. The van der Waals surface area contributed by atoms with E-state index in [-0.39, 0.29) is 5.92 Å². The Labute approximate surface area is 97.3 Å². The molecular formula is C14H19NO. The Bertz CT molecular complexity index is 347. The molecule has 1 aliphatic rings. The Kier molecular flexibility index (Phi) is 3.73. The molecule has 1 heterocycles. The summed E-state index contributed by atoms with van der Waals surface area (Å²) in [7, 11) is 0. The minimum Gasteiger partial charge on any atom is -0.302 e. The van der Waals surface area contributed by atoms with Gasteiger partial charge in [-0.05, 0) is 12.0 Å². The van der Waals surface area contributed by atoms with Crippen molar-refractivity contribution in [2.45, 2.75) is 19.8 Å². The lowest BCUT2D eigenvalue weighted by molar-refractivity contribution is -0.125. The molecule has 2 rings (SSSR count). The van der Waals surface area contributed by atoms with Crippen molar-refractivity contribution in [2.75, 3.05) is 19.6 Å². The van der Waals surface area contributed by atoms with Crippen LogP contribution in [0.3, 0.4) is 0 Å². The Morgan fingerprint density at radius 1 is 1.31 bits per heavy atom. The summed E-state index contributed by atoms with van der Waals surface area (Å²) in [6.45, 7) is 4.99. The molecule has 0 aliphatic carbocycles. The van der Waals surface area contributed by atoms with Crippen LogP contribution in [-0.2, 0) is 11.2 Å². The fourth-order valence-corrected chi connectivity index (χ4v) is 2.23. The van der Waals surface area contributed by atoms with Gasteiger partial charge in [0.15, 0.2) is 0 Å². The van der Waals surface area contributed by atoms with Crippen LogP contribution in [0.2, 0.25) is 0 Å². The van der Waals surface area contributed by atoms with Gasteiger partial charge in [-0.1, -0.05) is 37.3 Å². The lowest BCUT2D eigenvalue weighted by Crippen LogP contribution is -2.40. The molecule has 2 heteroatoms. The van der Waals surface area contributed by atoms with Crippen LogP contribution in [0.5, 0.6) is 0 Å². The van der Waals surface area contributed by atoms with Crippen molar-refractivity contribution in [3.05, 3.63) is 35.9 Å². The molecule has 16 heavy (non-hydrogen) atoms. The maximum Gasteiger partial charge on any atom is 0.138 e. The second-order valence-corrected chi connectivity index (χ2v) is 4.65. The zero-order valence-corrected chi connectivity index (χ0v) is 9.86. The molecule has 0 unspecified atom stereocenters. The Hall–Kier alpha value is -1.15. The first kappa shape index (κ1) is 11.3. The molecule has 0 spiro atoms. The van der Waals surface area contributed by atoms with Gasteiger partial charge in [-0.15, -0.1) is 0 Å². The molecule has 0 saturated carbocycles. The summed E-state index contributed by atoms with van der Waals surface area (Å²) in [5.41, 5.74) is 1.38. The van der Waals surface area contributed by atoms with Gasteiger partial charge in [-0.2, -0.15) is 0 Å². The van der Waals surface area contributed by atoms with E-state index < -0.39 is 0 Å². The van der Waals surface area contributed by atoms with Crippen molar-refractivity contribution >= 4 is 5.78 Å². The third-order valence-electron chi connectivity index (χ3n) is 3.32. The summed E-state index contributed by atoms with van der Waals surface area (Å²) in [5, 5.41) is 0. The van der Waals surface area contributed by atoms with Gasteiger partial charge in [-0.3, -0.25) is 4.79 Å². The minimum atomic E-state index is 0.226. The van der Waals surface area contributed by atoms with E-state index in [0.717, 1.165) is 32.5 Å². The van der Waals surface area contributed by atoms with Crippen LogP contribution < -0.4 is 0 Å². The normalized spacial score (nSPS) is 22.3. The van der Waals surface area contributed by atoms with E-state index in [2.05, 4.69) is 29.2 Å². The van der Waals surface area contributed by atoms with Crippen LogP contribution in [0.25, 0.3) is 0 Å². The zero-order chi connectivity index (χ0) is 11.4. The highest BCUT2D eigenvalue weighted by molar-refractivity contribution is 5.81. The molecule has 0 amide bonds. The maximum atomic E-state index is 11.4. The van der Waals surface area contributed by atoms with Crippen molar-refractivity contribution < 1.29 is 4.79 Å². The number of likely N-dealkylation sites (tertiary alicyclic amines) is 1. The van der Waals surface area contributed by atoms with Gasteiger partial charge in [0.1, 0.15) is 5.78 Å². The number of carbonyl (C=O) groups excluding carboxylic acids is 1. The number of nitrogens with zero attached hydrogens (tertiary/aromatic N) is 1. The Morgan fingerprint density at radius 3 is 2.75 bits per heavy atom. The van der Waals surface area contributed by atoms with Crippen LogP contribution in [0.1, 0.15) is 18.9 Å². The summed E-state index contributed by atoms with van der Waals surface area (Å²) >= 11 is 0.